The summed E-state index contributed by atoms with van der Waals surface area (Å²) in [5, 5.41) is 20.2. The van der Waals surface area contributed by atoms with E-state index >= 15 is 0 Å². The van der Waals surface area contributed by atoms with Crippen molar-refractivity contribution >= 4 is 26.1 Å². The molecule has 1 saturated heterocycles. The molecule has 19 heteroatoms. The molecule has 0 aliphatic carbocycles. The molecule has 2 unspecified atom stereocenters. The Bertz CT molecular complexity index is 1580. The lowest BCUT2D eigenvalue weighted by atomic mass is 10.1. The van der Waals surface area contributed by atoms with E-state index in [4.69, 9.17) is 14.5 Å². The number of ether oxygens (including phenoxy) is 1. The molecule has 0 saturated carbocycles. The van der Waals surface area contributed by atoms with E-state index in [0.717, 1.165) is 26.9 Å². The molecule has 0 spiro atoms. The number of aromatic nitrogens is 4. The summed E-state index contributed by atoms with van der Waals surface area (Å²) in [6.07, 6.45) is -6.37. The molecule has 1 fully saturated rings. The summed E-state index contributed by atoms with van der Waals surface area (Å²) in [7, 11) is -11.0. The van der Waals surface area contributed by atoms with Gasteiger partial charge in [-0.2, -0.15) is 13.9 Å². The van der Waals surface area contributed by atoms with Crippen LogP contribution in [0.1, 0.15) is 11.9 Å². The highest BCUT2D eigenvalue weighted by Gasteiger charge is 2.65. The van der Waals surface area contributed by atoms with Gasteiger partial charge in [0.05, 0.1) is 24.4 Å². The second-order valence-electron chi connectivity index (χ2n) is 8.43. The zero-order chi connectivity index (χ0) is 28.2. The Morgan fingerprint density at radius 2 is 1.76 bits per heavy atom. The Hall–Kier alpha value is -2.59. The van der Waals surface area contributed by atoms with E-state index in [9.17, 15) is 42.6 Å². The first-order chi connectivity index (χ1) is 17.6. The number of para-hydroxylation sites is 1. The number of alkyl halides is 2. The van der Waals surface area contributed by atoms with Gasteiger partial charge in [0.2, 0.25) is 0 Å². The first-order valence-corrected chi connectivity index (χ1v) is 13.9. The number of hydrogen-bond donors (Lipinski definition) is 5. The second-order valence-corrected chi connectivity index (χ2v) is 12.3. The maximum atomic E-state index is 13.7. The smallest absolute Gasteiger partial charge is 0.387 e. The third-order valence-electron chi connectivity index (χ3n) is 5.95. The molecule has 2 aromatic heterocycles. The van der Waals surface area contributed by atoms with Crippen LogP contribution in [0.2, 0.25) is 0 Å². The number of aliphatic hydroxyl groups excluding tert-OH is 2. The lowest BCUT2D eigenvalue weighted by Gasteiger charge is -2.24. The van der Waals surface area contributed by atoms with Crippen LogP contribution in [0.3, 0.4) is 0 Å². The van der Waals surface area contributed by atoms with Crippen LogP contribution in [0.4, 0.5) is 8.78 Å². The van der Waals surface area contributed by atoms with Crippen LogP contribution < -0.4 is 11.2 Å². The number of hydrogen-bond acceptors (Lipinski definition) is 9. The Balaban J connectivity index is 1.59. The van der Waals surface area contributed by atoms with Gasteiger partial charge in [-0.25, -0.2) is 4.79 Å². The molecule has 0 amide bonds. The van der Waals surface area contributed by atoms with E-state index in [1.165, 1.54) is 0 Å². The van der Waals surface area contributed by atoms with Crippen LogP contribution in [-0.4, -0.2) is 74.1 Å². The number of aliphatic hydroxyl groups is 2. The molecule has 3 aromatic rings. The Morgan fingerprint density at radius 1 is 1.11 bits per heavy atom. The summed E-state index contributed by atoms with van der Waals surface area (Å²) in [5.41, 5.74) is -0.609. The summed E-state index contributed by atoms with van der Waals surface area (Å²) in [6, 6.07) is 8.02. The van der Waals surface area contributed by atoms with Crippen LogP contribution in [-0.2, 0) is 32.0 Å². The molecule has 5 atom stereocenters. The summed E-state index contributed by atoms with van der Waals surface area (Å²) in [6.45, 7) is -1.59. The average molecular weight is 582 g/mol. The minimum Gasteiger partial charge on any atom is -0.387 e. The molecule has 1 aliphatic rings. The van der Waals surface area contributed by atoms with Crippen LogP contribution >= 0.6 is 15.2 Å². The molecular formula is C19H22F2N4O11P2. The molecule has 0 radical (unpaired) electrons. The largest absolute Gasteiger partial charge is 0.443 e. The minimum atomic E-state index is -6.41. The van der Waals surface area contributed by atoms with Crippen molar-refractivity contribution in [3.63, 3.8) is 0 Å². The third-order valence-corrected chi connectivity index (χ3v) is 9.37. The number of aryl methyl sites for hydroxylation is 1. The van der Waals surface area contributed by atoms with Crippen molar-refractivity contribution in [1.82, 2.24) is 18.9 Å². The fourth-order valence-electron chi connectivity index (χ4n) is 3.94. The van der Waals surface area contributed by atoms with Gasteiger partial charge in [0.25, 0.3) is 5.56 Å². The van der Waals surface area contributed by atoms with E-state index in [0.29, 0.717) is 11.1 Å². The molecule has 3 heterocycles. The van der Waals surface area contributed by atoms with E-state index in [1.54, 1.807) is 36.0 Å². The van der Waals surface area contributed by atoms with E-state index in [1.807, 2.05) is 0 Å². The molecule has 38 heavy (non-hydrogen) atoms. The highest BCUT2D eigenvalue weighted by atomic mass is 31.2. The van der Waals surface area contributed by atoms with Gasteiger partial charge >= 0.3 is 26.3 Å². The molecule has 1 aliphatic heterocycles. The molecule has 208 valence electrons. The summed E-state index contributed by atoms with van der Waals surface area (Å²) >= 11 is 0. The fraction of sp³-hybridized carbons (Fsp3) is 0.421. The normalized spacial score (nSPS) is 24.1. The molecule has 4 rings (SSSR count). The van der Waals surface area contributed by atoms with Crippen molar-refractivity contribution in [2.45, 2.75) is 36.5 Å². The van der Waals surface area contributed by atoms with Crippen molar-refractivity contribution < 1.29 is 52.1 Å². The average Bonchev–Trinajstić information content (AvgIpc) is 3.30. The first kappa shape index (κ1) is 28.4. The summed E-state index contributed by atoms with van der Waals surface area (Å²) in [5.74, 6) is 0. The molecular weight excluding hydrogens is 560 g/mol. The predicted octanol–water partition coefficient (Wildman–Crippen LogP) is -0.506. The van der Waals surface area contributed by atoms with E-state index in [-0.39, 0.29) is 6.54 Å². The summed E-state index contributed by atoms with van der Waals surface area (Å²) in [4.78, 5) is 52.4. The maximum Gasteiger partial charge on any atom is 0.443 e. The van der Waals surface area contributed by atoms with Crippen molar-refractivity contribution in [3.05, 3.63) is 63.1 Å². The number of nitrogens with zero attached hydrogens (tertiary/aromatic N) is 4. The standard InChI is InChI=1S/C19H22F2N4O11P2/c1-23-12-5-3-2-4-10(12)11(22-23)8-25-14(26)6-7-24(18(25)29)17-16(28)15(27)13(36-17)9-35-38(33,34)19(20,21)37(30,31)32/h2-7,13,15-17,27-28H,8-9H2,1H3,(H,33,34)(H2,30,31,32)/t13-,15?,16+,17-/m1/s1. The van der Waals surface area contributed by atoms with Gasteiger partial charge in [-0.3, -0.25) is 27.7 Å². The van der Waals surface area contributed by atoms with Gasteiger partial charge in [0.1, 0.15) is 18.3 Å². The van der Waals surface area contributed by atoms with Crippen molar-refractivity contribution in [3.8, 4) is 0 Å². The first-order valence-electron chi connectivity index (χ1n) is 10.7. The van der Waals surface area contributed by atoms with Crippen molar-refractivity contribution in [1.29, 1.82) is 0 Å². The third kappa shape index (κ3) is 4.81. The van der Waals surface area contributed by atoms with Crippen LogP contribution in [0.5, 0.6) is 0 Å². The maximum absolute atomic E-state index is 13.7. The van der Waals surface area contributed by atoms with Gasteiger partial charge in [-0.05, 0) is 6.07 Å². The monoisotopic (exact) mass is 582 g/mol. The van der Waals surface area contributed by atoms with E-state index < -0.39 is 63.0 Å². The SMILES string of the molecule is Cn1nc(Cn2c(=O)ccn([C@@H]3O[C@H](COP(=O)(O)C(F)(F)P(=O)(O)O)C(O)[C@@H]3O)c2=O)c2ccccc21. The fourth-order valence-corrected chi connectivity index (χ4v) is 5.93. The van der Waals surface area contributed by atoms with Crippen LogP contribution in [0, 0.1) is 0 Å². The Labute approximate surface area is 210 Å². The number of fused-ring (bicyclic) bond motifs is 1. The highest BCUT2D eigenvalue weighted by Crippen LogP contribution is 2.73. The molecule has 1 aromatic carbocycles. The van der Waals surface area contributed by atoms with Crippen LogP contribution in [0.15, 0.2) is 46.1 Å². The zero-order valence-electron chi connectivity index (χ0n) is 19.3. The second kappa shape index (κ2) is 9.86. The molecule has 5 N–H and O–H groups in total. The van der Waals surface area contributed by atoms with Gasteiger partial charge in [-0.1, -0.05) is 18.2 Å². The van der Waals surface area contributed by atoms with Gasteiger partial charge in [-0.15, -0.1) is 0 Å². The lowest BCUT2D eigenvalue weighted by Crippen LogP contribution is -2.43. The summed E-state index contributed by atoms with van der Waals surface area (Å²) < 4.78 is 62.5. The zero-order valence-corrected chi connectivity index (χ0v) is 21.1. The quantitative estimate of drug-likeness (QED) is 0.213. The molecule has 0 bridgehead atoms. The van der Waals surface area contributed by atoms with Crippen LogP contribution in [0.25, 0.3) is 10.9 Å². The minimum absolute atomic E-state index is 0.275. The predicted molar refractivity (Wildman–Crippen MR) is 123 cm³/mol. The van der Waals surface area contributed by atoms with Gasteiger partial charge in [0, 0.05) is 24.7 Å². The van der Waals surface area contributed by atoms with Crippen molar-refractivity contribution in [2.75, 3.05) is 6.61 Å². The highest BCUT2D eigenvalue weighted by molar-refractivity contribution is 7.72. The topological polar surface area (TPSA) is 216 Å². The Morgan fingerprint density at radius 3 is 2.42 bits per heavy atom. The number of halogens is 2. The van der Waals surface area contributed by atoms with Crippen molar-refractivity contribution in [2.24, 2.45) is 7.05 Å². The lowest BCUT2D eigenvalue weighted by molar-refractivity contribution is -0.0551. The van der Waals surface area contributed by atoms with E-state index in [2.05, 4.69) is 9.62 Å². The number of benzene rings is 1. The Kier molecular flexibility index (Phi) is 7.37. The molecule has 15 nitrogen and oxygen atoms in total. The van der Waals surface area contributed by atoms with Gasteiger partial charge in [0.15, 0.2) is 6.23 Å². The number of rotatable bonds is 8. The van der Waals surface area contributed by atoms with Gasteiger partial charge < -0.3 is 34.2 Å².